The van der Waals surface area contributed by atoms with Gasteiger partial charge in [-0.05, 0) is 42.8 Å². The smallest absolute Gasteiger partial charge is 0.226 e. The van der Waals surface area contributed by atoms with Crippen LogP contribution in [0.1, 0.15) is 18.7 Å². The van der Waals surface area contributed by atoms with Gasteiger partial charge in [-0.25, -0.2) is 0 Å². The van der Waals surface area contributed by atoms with E-state index in [1.807, 2.05) is 12.1 Å². The monoisotopic (exact) mass is 357 g/mol. The second kappa shape index (κ2) is 7.81. The quantitative estimate of drug-likeness (QED) is 0.694. The van der Waals surface area contributed by atoms with Crippen molar-refractivity contribution in [3.8, 4) is 17.1 Å². The lowest BCUT2D eigenvalue weighted by atomic mass is 10.2. The van der Waals surface area contributed by atoms with E-state index in [1.165, 1.54) is 6.07 Å². The summed E-state index contributed by atoms with van der Waals surface area (Å²) in [5.41, 5.74) is 1.38. The Morgan fingerprint density at radius 2 is 2.00 bits per heavy atom. The Morgan fingerprint density at radius 3 is 2.76 bits per heavy atom. The minimum absolute atomic E-state index is 0.110. The number of nitrogens with zero attached hydrogens (tertiary/aromatic N) is 2. The Bertz CT molecular complexity index is 862. The summed E-state index contributed by atoms with van der Waals surface area (Å²) >= 11 is 5.85. The van der Waals surface area contributed by atoms with Crippen molar-refractivity contribution in [3.63, 3.8) is 0 Å². The van der Waals surface area contributed by atoms with Crippen LogP contribution in [0.25, 0.3) is 11.4 Å². The molecule has 0 bridgehead atoms. The summed E-state index contributed by atoms with van der Waals surface area (Å²) < 4.78 is 5.21. The molecular formula is C18H16ClN3O3. The number of rotatable bonds is 6. The Balaban J connectivity index is 1.49. The fourth-order valence-corrected chi connectivity index (χ4v) is 2.41. The highest BCUT2D eigenvalue weighted by atomic mass is 35.5. The van der Waals surface area contributed by atoms with Crippen LogP contribution in [0, 0.1) is 0 Å². The van der Waals surface area contributed by atoms with E-state index >= 15 is 0 Å². The van der Waals surface area contributed by atoms with Gasteiger partial charge in [-0.2, -0.15) is 4.98 Å². The van der Waals surface area contributed by atoms with E-state index in [9.17, 15) is 9.90 Å². The predicted octanol–water partition coefficient (Wildman–Crippen LogP) is 4.06. The third kappa shape index (κ3) is 4.81. The van der Waals surface area contributed by atoms with Crippen LogP contribution in [-0.4, -0.2) is 21.2 Å². The molecule has 3 rings (SSSR count). The molecule has 2 N–H and O–H groups in total. The van der Waals surface area contributed by atoms with E-state index in [4.69, 9.17) is 16.1 Å². The minimum Gasteiger partial charge on any atom is -0.508 e. The number of amides is 1. The van der Waals surface area contributed by atoms with Crippen molar-refractivity contribution in [3.05, 3.63) is 59.4 Å². The van der Waals surface area contributed by atoms with Crippen LogP contribution >= 0.6 is 11.6 Å². The van der Waals surface area contributed by atoms with Crippen molar-refractivity contribution in [2.24, 2.45) is 0 Å². The number of benzene rings is 2. The van der Waals surface area contributed by atoms with Crippen molar-refractivity contribution < 1.29 is 14.4 Å². The molecule has 0 unspecified atom stereocenters. The number of aryl methyl sites for hydroxylation is 1. The third-order valence-corrected chi connectivity index (χ3v) is 3.75. The lowest BCUT2D eigenvalue weighted by Gasteiger charge is -2.04. The molecule has 0 atom stereocenters. The second-order valence-corrected chi connectivity index (χ2v) is 5.91. The lowest BCUT2D eigenvalue weighted by Crippen LogP contribution is -2.11. The molecule has 0 fully saturated rings. The number of anilines is 1. The van der Waals surface area contributed by atoms with E-state index < -0.39 is 0 Å². The molecule has 6 nitrogen and oxygen atoms in total. The van der Waals surface area contributed by atoms with E-state index in [1.54, 1.807) is 30.3 Å². The van der Waals surface area contributed by atoms with Crippen molar-refractivity contribution >= 4 is 23.2 Å². The van der Waals surface area contributed by atoms with Crippen molar-refractivity contribution in [1.82, 2.24) is 10.1 Å². The first-order chi connectivity index (χ1) is 12.1. The van der Waals surface area contributed by atoms with Gasteiger partial charge in [0.15, 0.2) is 0 Å². The summed E-state index contributed by atoms with van der Waals surface area (Å²) in [5, 5.41) is 16.7. The first kappa shape index (κ1) is 17.0. The number of carbonyl (C=O) groups excluding carboxylic acids is 1. The standard InChI is InChI=1S/C18H16ClN3O3/c19-13-9-7-12(8-10-13)18-21-17(25-22-18)6-2-5-16(24)20-14-3-1-4-15(23)11-14/h1,3-4,7-11,23H,2,5-6H2,(H,20,24). The molecule has 0 aliphatic carbocycles. The van der Waals surface area contributed by atoms with Crippen LogP contribution in [0.15, 0.2) is 53.1 Å². The van der Waals surface area contributed by atoms with Crippen LogP contribution in [0.4, 0.5) is 5.69 Å². The summed E-state index contributed by atoms with van der Waals surface area (Å²) in [6.07, 6.45) is 1.40. The molecule has 1 heterocycles. The number of aromatic hydroxyl groups is 1. The van der Waals surface area contributed by atoms with Gasteiger partial charge < -0.3 is 14.9 Å². The number of hydrogen-bond donors (Lipinski definition) is 2. The fourth-order valence-electron chi connectivity index (χ4n) is 2.28. The maximum absolute atomic E-state index is 11.9. The van der Waals surface area contributed by atoms with Gasteiger partial charge in [0.2, 0.25) is 17.6 Å². The van der Waals surface area contributed by atoms with E-state index in [0.29, 0.717) is 41.7 Å². The van der Waals surface area contributed by atoms with Gasteiger partial charge in [0.1, 0.15) is 5.75 Å². The van der Waals surface area contributed by atoms with Crippen LogP contribution in [0.5, 0.6) is 5.75 Å². The third-order valence-electron chi connectivity index (χ3n) is 3.49. The molecule has 1 amide bonds. The molecule has 0 aliphatic rings. The number of aromatic nitrogens is 2. The number of phenolic OH excluding ortho intramolecular Hbond substituents is 1. The van der Waals surface area contributed by atoms with Gasteiger partial charge in [-0.15, -0.1) is 0 Å². The summed E-state index contributed by atoms with van der Waals surface area (Å²) in [6, 6.07) is 13.6. The zero-order valence-electron chi connectivity index (χ0n) is 13.3. The highest BCUT2D eigenvalue weighted by Crippen LogP contribution is 2.19. The topological polar surface area (TPSA) is 88.2 Å². The lowest BCUT2D eigenvalue weighted by molar-refractivity contribution is -0.116. The molecule has 3 aromatic rings. The highest BCUT2D eigenvalue weighted by Gasteiger charge is 2.10. The number of carbonyl (C=O) groups is 1. The van der Waals surface area contributed by atoms with Crippen molar-refractivity contribution in [2.75, 3.05) is 5.32 Å². The van der Waals surface area contributed by atoms with Gasteiger partial charge >= 0.3 is 0 Å². The van der Waals surface area contributed by atoms with Gasteiger partial charge in [0.05, 0.1) is 0 Å². The summed E-state index contributed by atoms with van der Waals surface area (Å²) in [6.45, 7) is 0. The summed E-state index contributed by atoms with van der Waals surface area (Å²) in [7, 11) is 0. The Morgan fingerprint density at radius 1 is 1.20 bits per heavy atom. The number of halogens is 1. The zero-order valence-corrected chi connectivity index (χ0v) is 14.0. The Labute approximate surface area is 149 Å². The van der Waals surface area contributed by atoms with Gasteiger partial charge in [-0.1, -0.05) is 22.8 Å². The van der Waals surface area contributed by atoms with E-state index in [2.05, 4.69) is 15.5 Å². The number of phenols is 1. The molecule has 0 aliphatic heterocycles. The molecule has 2 aromatic carbocycles. The van der Waals surface area contributed by atoms with Crippen LogP contribution in [0.3, 0.4) is 0 Å². The highest BCUT2D eigenvalue weighted by molar-refractivity contribution is 6.30. The molecule has 128 valence electrons. The molecule has 0 radical (unpaired) electrons. The van der Waals surface area contributed by atoms with E-state index in [0.717, 1.165) is 5.56 Å². The number of nitrogens with one attached hydrogen (secondary N) is 1. The molecule has 7 heteroatoms. The summed E-state index contributed by atoms with van der Waals surface area (Å²) in [4.78, 5) is 16.2. The zero-order chi connectivity index (χ0) is 17.6. The molecule has 0 spiro atoms. The Hall–Kier alpha value is -2.86. The summed E-state index contributed by atoms with van der Waals surface area (Å²) in [5.74, 6) is 0.951. The van der Waals surface area contributed by atoms with Gasteiger partial charge in [0.25, 0.3) is 0 Å². The Kier molecular flexibility index (Phi) is 5.30. The van der Waals surface area contributed by atoms with Crippen LogP contribution in [0.2, 0.25) is 5.02 Å². The van der Waals surface area contributed by atoms with Crippen molar-refractivity contribution in [1.29, 1.82) is 0 Å². The first-order valence-corrected chi connectivity index (χ1v) is 8.15. The molecule has 25 heavy (non-hydrogen) atoms. The predicted molar refractivity (Wildman–Crippen MR) is 94.4 cm³/mol. The average molecular weight is 358 g/mol. The van der Waals surface area contributed by atoms with Crippen LogP contribution < -0.4 is 5.32 Å². The van der Waals surface area contributed by atoms with Crippen molar-refractivity contribution in [2.45, 2.75) is 19.3 Å². The van der Waals surface area contributed by atoms with Crippen LogP contribution in [-0.2, 0) is 11.2 Å². The molecule has 0 saturated carbocycles. The normalized spacial score (nSPS) is 10.6. The molecule has 1 aromatic heterocycles. The maximum Gasteiger partial charge on any atom is 0.226 e. The second-order valence-electron chi connectivity index (χ2n) is 5.47. The first-order valence-electron chi connectivity index (χ1n) is 7.77. The van der Waals surface area contributed by atoms with E-state index in [-0.39, 0.29) is 11.7 Å². The van der Waals surface area contributed by atoms with Gasteiger partial charge in [0, 0.05) is 35.2 Å². The molecule has 0 saturated heterocycles. The fraction of sp³-hybridized carbons (Fsp3) is 0.167. The number of hydrogen-bond acceptors (Lipinski definition) is 5. The SMILES string of the molecule is O=C(CCCc1nc(-c2ccc(Cl)cc2)no1)Nc1cccc(O)c1. The average Bonchev–Trinajstić information content (AvgIpc) is 3.04. The van der Waals surface area contributed by atoms with Gasteiger partial charge in [-0.3, -0.25) is 4.79 Å². The minimum atomic E-state index is -0.136. The maximum atomic E-state index is 11.9. The molecular weight excluding hydrogens is 342 g/mol. The largest absolute Gasteiger partial charge is 0.508 e.